The fourth-order valence-corrected chi connectivity index (χ4v) is 11.6. The van der Waals surface area contributed by atoms with Gasteiger partial charge in [-0.2, -0.15) is 0 Å². The van der Waals surface area contributed by atoms with Crippen LogP contribution < -0.4 is 0 Å². The Morgan fingerprint density at radius 2 is 0.522 bits per heavy atom. The summed E-state index contributed by atoms with van der Waals surface area (Å²) < 4.78 is 20.3. The highest BCUT2D eigenvalue weighted by molar-refractivity contribution is 6.14. The average Bonchev–Trinajstić information content (AvgIpc) is 4.06. The second-order valence-electron chi connectivity index (χ2n) is 18.9. The molecule has 3 aromatic heterocycles. The van der Waals surface area contributed by atoms with Crippen LogP contribution in [0, 0.1) is 41.5 Å². The number of furan rings is 3. The summed E-state index contributed by atoms with van der Waals surface area (Å²) in [5.41, 5.74) is 26.7. The van der Waals surface area contributed by atoms with E-state index in [0.29, 0.717) is 0 Å². The first-order chi connectivity index (χ1) is 33.7. The third-order valence-corrected chi connectivity index (χ3v) is 14.9. The minimum absolute atomic E-state index is 0.877. The molecule has 0 saturated carbocycles. The second-order valence-corrected chi connectivity index (χ2v) is 18.9. The van der Waals surface area contributed by atoms with Crippen molar-refractivity contribution < 1.29 is 13.3 Å². The maximum atomic E-state index is 6.75. The van der Waals surface area contributed by atoms with E-state index in [9.17, 15) is 0 Å². The molecule has 3 heteroatoms. The van der Waals surface area contributed by atoms with Crippen molar-refractivity contribution in [1.29, 1.82) is 0 Å². The minimum Gasteiger partial charge on any atom is -0.455 e. The molecule has 0 aliphatic rings. The van der Waals surface area contributed by atoms with E-state index in [1.165, 1.54) is 66.8 Å². The molecule has 0 amide bonds. The molecule has 3 heterocycles. The molecule has 69 heavy (non-hydrogen) atoms. The molecule has 0 radical (unpaired) electrons. The molecule has 330 valence electrons. The molecule has 0 fully saturated rings. The number of fused-ring (bicyclic) bond motifs is 9. The van der Waals surface area contributed by atoms with Gasteiger partial charge < -0.3 is 13.3 Å². The highest BCUT2D eigenvalue weighted by atomic mass is 16.3. The second kappa shape index (κ2) is 15.6. The van der Waals surface area contributed by atoms with Crippen LogP contribution in [0.25, 0.3) is 133 Å². The fourth-order valence-electron chi connectivity index (χ4n) is 11.6. The maximum Gasteiger partial charge on any atom is 0.143 e. The summed E-state index contributed by atoms with van der Waals surface area (Å²) in [5, 5.41) is 6.64. The predicted octanol–water partition coefficient (Wildman–Crippen LogP) is 19.2. The van der Waals surface area contributed by atoms with E-state index in [4.69, 9.17) is 13.3 Å². The molecule has 0 aliphatic heterocycles. The van der Waals surface area contributed by atoms with Gasteiger partial charge in [-0.05, 0) is 161 Å². The van der Waals surface area contributed by atoms with Gasteiger partial charge in [0.25, 0.3) is 0 Å². The van der Waals surface area contributed by atoms with E-state index in [1.807, 2.05) is 0 Å². The van der Waals surface area contributed by atoms with Crippen molar-refractivity contribution in [1.82, 2.24) is 0 Å². The number of hydrogen-bond acceptors (Lipinski definition) is 3. The Morgan fingerprint density at radius 3 is 0.812 bits per heavy atom. The Labute approximate surface area is 400 Å². The average molecular weight is 889 g/mol. The topological polar surface area (TPSA) is 39.4 Å². The van der Waals surface area contributed by atoms with Crippen LogP contribution in [0.15, 0.2) is 195 Å². The Hall–Kier alpha value is -8.40. The van der Waals surface area contributed by atoms with Crippen molar-refractivity contribution >= 4 is 65.8 Å². The van der Waals surface area contributed by atoms with Crippen LogP contribution in [0.3, 0.4) is 0 Å². The van der Waals surface area contributed by atoms with E-state index in [-0.39, 0.29) is 0 Å². The fraction of sp³-hybridized carbons (Fsp3) is 0.0909. The molecule has 0 bridgehead atoms. The summed E-state index contributed by atoms with van der Waals surface area (Å²) >= 11 is 0. The quantitative estimate of drug-likeness (QED) is 0.167. The van der Waals surface area contributed by atoms with Crippen LogP contribution in [0.4, 0.5) is 0 Å². The summed E-state index contributed by atoms with van der Waals surface area (Å²) in [7, 11) is 0. The van der Waals surface area contributed by atoms with E-state index >= 15 is 0 Å². The smallest absolute Gasteiger partial charge is 0.143 e. The van der Waals surface area contributed by atoms with Gasteiger partial charge in [0.05, 0.1) is 0 Å². The van der Waals surface area contributed by atoms with E-state index in [1.54, 1.807) is 0 Å². The van der Waals surface area contributed by atoms with Crippen molar-refractivity contribution in [3.8, 4) is 66.8 Å². The van der Waals surface area contributed by atoms with Gasteiger partial charge in [0.2, 0.25) is 0 Å². The lowest BCUT2D eigenvalue weighted by Gasteiger charge is -2.23. The number of aryl methyl sites for hydroxylation is 3. The van der Waals surface area contributed by atoms with Crippen molar-refractivity contribution in [2.75, 3.05) is 0 Å². The standard InChI is InChI=1S/C66H48O3/c1-37-16-7-10-19-46(37)49-22-13-25-52-55-34-43(28-31-58(55)67-64(49)52)61-40(4)62(44-29-32-59-56(35-44)53-26-14-23-50(65(53)68-59)47-20-11-8-17-38(47)2)42(6)63(41(61)5)45-30-33-60-57(36-45)54-27-15-24-51(66(54)69-60)48-21-12-9-18-39(48)3/h7-36H,1-6H3. The zero-order valence-corrected chi connectivity index (χ0v) is 39.5. The first-order valence-electron chi connectivity index (χ1n) is 23.9. The molecule has 13 rings (SSSR count). The van der Waals surface area contributed by atoms with E-state index in [2.05, 4.69) is 224 Å². The van der Waals surface area contributed by atoms with Crippen LogP contribution in [-0.2, 0) is 0 Å². The number of rotatable bonds is 6. The summed E-state index contributed by atoms with van der Waals surface area (Å²) in [6, 6.07) is 65.5. The first-order valence-corrected chi connectivity index (χ1v) is 23.9. The largest absolute Gasteiger partial charge is 0.455 e. The molecule has 0 aliphatic carbocycles. The lowest BCUT2D eigenvalue weighted by atomic mass is 9.80. The summed E-state index contributed by atoms with van der Waals surface area (Å²) in [6.07, 6.45) is 0. The first kappa shape index (κ1) is 40.8. The third kappa shape index (κ3) is 6.27. The monoisotopic (exact) mass is 888 g/mol. The highest BCUT2D eigenvalue weighted by Crippen LogP contribution is 2.48. The molecule has 3 nitrogen and oxygen atoms in total. The van der Waals surface area contributed by atoms with Gasteiger partial charge in [-0.15, -0.1) is 0 Å². The Bertz CT molecular complexity index is 3810. The molecule has 0 N–H and O–H groups in total. The Kier molecular flexibility index (Phi) is 9.22. The van der Waals surface area contributed by atoms with Gasteiger partial charge in [0, 0.05) is 49.0 Å². The Morgan fingerprint density at radius 1 is 0.246 bits per heavy atom. The predicted molar refractivity (Wildman–Crippen MR) is 289 cm³/mol. The molecular formula is C66H48O3. The van der Waals surface area contributed by atoms with Crippen molar-refractivity contribution in [3.05, 3.63) is 215 Å². The van der Waals surface area contributed by atoms with Gasteiger partial charge in [-0.25, -0.2) is 0 Å². The SMILES string of the molecule is Cc1ccccc1-c1cccc2c1oc1ccc(-c3c(C)c(-c4ccc5oc6c(-c7ccccc7C)cccc6c5c4)c(C)c(-c4ccc5oc6c(-c7ccccc7C)cccc6c5c4)c3C)cc12. The molecule has 0 unspecified atom stereocenters. The highest BCUT2D eigenvalue weighted by Gasteiger charge is 2.24. The van der Waals surface area contributed by atoms with Crippen molar-refractivity contribution in [3.63, 3.8) is 0 Å². The molecule has 0 atom stereocenters. The summed E-state index contributed by atoms with van der Waals surface area (Å²) in [4.78, 5) is 0. The van der Waals surface area contributed by atoms with Crippen molar-refractivity contribution in [2.24, 2.45) is 0 Å². The molecule has 10 aromatic carbocycles. The van der Waals surface area contributed by atoms with Gasteiger partial charge >= 0.3 is 0 Å². The van der Waals surface area contributed by atoms with E-state index < -0.39 is 0 Å². The molecular weight excluding hydrogens is 841 g/mol. The van der Waals surface area contributed by atoms with Crippen LogP contribution in [-0.4, -0.2) is 0 Å². The number of benzene rings is 10. The number of para-hydroxylation sites is 3. The van der Waals surface area contributed by atoms with Crippen LogP contribution in [0.5, 0.6) is 0 Å². The maximum absolute atomic E-state index is 6.75. The van der Waals surface area contributed by atoms with Gasteiger partial charge in [-0.3, -0.25) is 0 Å². The Balaban J connectivity index is 1.05. The lowest BCUT2D eigenvalue weighted by molar-refractivity contribution is 0.669. The van der Waals surface area contributed by atoms with E-state index in [0.717, 1.165) is 99.2 Å². The van der Waals surface area contributed by atoms with Gasteiger partial charge in [-0.1, -0.05) is 146 Å². The van der Waals surface area contributed by atoms with Crippen LogP contribution >= 0.6 is 0 Å². The zero-order chi connectivity index (χ0) is 46.7. The van der Waals surface area contributed by atoms with Crippen LogP contribution in [0.2, 0.25) is 0 Å². The molecule has 13 aromatic rings. The van der Waals surface area contributed by atoms with Crippen molar-refractivity contribution in [2.45, 2.75) is 41.5 Å². The van der Waals surface area contributed by atoms with Gasteiger partial charge in [0.1, 0.15) is 33.5 Å². The molecule has 0 spiro atoms. The normalized spacial score (nSPS) is 11.9. The van der Waals surface area contributed by atoms with Crippen LogP contribution in [0.1, 0.15) is 33.4 Å². The third-order valence-electron chi connectivity index (χ3n) is 14.9. The summed E-state index contributed by atoms with van der Waals surface area (Å²) in [5.74, 6) is 0. The number of hydrogen-bond donors (Lipinski definition) is 0. The zero-order valence-electron chi connectivity index (χ0n) is 39.5. The minimum atomic E-state index is 0.877. The summed E-state index contributed by atoms with van der Waals surface area (Å²) in [6.45, 7) is 13.4. The van der Waals surface area contributed by atoms with Gasteiger partial charge in [0.15, 0.2) is 0 Å². The molecule has 0 saturated heterocycles. The lowest BCUT2D eigenvalue weighted by Crippen LogP contribution is -2.00.